The Kier molecular flexibility index (Phi) is 6.00. The van der Waals surface area contributed by atoms with E-state index in [0.717, 1.165) is 50.3 Å². The molecule has 0 aliphatic carbocycles. The molecule has 3 nitrogen and oxygen atoms in total. The Hall–Kier alpha value is -1.61. The summed E-state index contributed by atoms with van der Waals surface area (Å²) in [5, 5.41) is 0. The number of hydrogen-bond donors (Lipinski definition) is 0. The summed E-state index contributed by atoms with van der Waals surface area (Å²) in [5.74, 6) is 0.606. The number of rotatable bonds is 6. The minimum Gasteiger partial charge on any atom is -0.381 e. The predicted octanol–water partition coefficient (Wildman–Crippen LogP) is 3.37. The van der Waals surface area contributed by atoms with Crippen molar-refractivity contribution >= 4 is 11.5 Å². The Bertz CT molecular complexity index is 475. The van der Waals surface area contributed by atoms with E-state index in [1.807, 2.05) is 30.0 Å². The topological polar surface area (TPSA) is 29.5 Å². The molecule has 0 radical (unpaired) electrons. The Labute approximate surface area is 127 Å². The van der Waals surface area contributed by atoms with Gasteiger partial charge >= 0.3 is 0 Å². The second kappa shape index (κ2) is 7.99. The first-order valence-electron chi connectivity index (χ1n) is 7.87. The maximum absolute atomic E-state index is 12.5. The molecular weight excluding hydrogens is 262 g/mol. The van der Waals surface area contributed by atoms with Crippen LogP contribution in [0.2, 0.25) is 0 Å². The van der Waals surface area contributed by atoms with Gasteiger partial charge in [-0.25, -0.2) is 0 Å². The van der Waals surface area contributed by atoms with Crippen molar-refractivity contribution in [2.75, 3.05) is 26.3 Å². The van der Waals surface area contributed by atoms with Crippen molar-refractivity contribution in [2.45, 2.75) is 26.7 Å². The highest BCUT2D eigenvalue weighted by atomic mass is 16.5. The van der Waals surface area contributed by atoms with Crippen LogP contribution in [0.4, 0.5) is 0 Å². The fourth-order valence-electron chi connectivity index (χ4n) is 2.70. The zero-order chi connectivity index (χ0) is 15.1. The normalized spacial score (nSPS) is 18.8. The van der Waals surface area contributed by atoms with Gasteiger partial charge in [-0.05, 0) is 30.9 Å². The third-order valence-corrected chi connectivity index (χ3v) is 4.02. The second-order valence-electron chi connectivity index (χ2n) is 5.50. The Morgan fingerprint density at radius 3 is 2.67 bits per heavy atom. The summed E-state index contributed by atoms with van der Waals surface area (Å²) in [6.07, 6.45) is 3.72. The Morgan fingerprint density at radius 1 is 1.33 bits per heavy atom. The molecule has 21 heavy (non-hydrogen) atoms. The summed E-state index contributed by atoms with van der Waals surface area (Å²) in [6.45, 7) is 7.29. The van der Waals surface area contributed by atoms with Gasteiger partial charge < -0.3 is 9.64 Å². The standard InChI is InChI=1S/C18H25NO2/c1-3-16(17-8-6-5-7-9-17)12-18(20)19(4-2)13-15-10-11-21-14-15/h5-9,12,15H,3-4,10-11,13-14H2,1-2H3/b16-12-/t15-/m1/s1. The molecule has 0 N–H and O–H groups in total. The lowest BCUT2D eigenvalue weighted by Crippen LogP contribution is -2.34. The van der Waals surface area contributed by atoms with Crippen molar-refractivity contribution in [2.24, 2.45) is 5.92 Å². The van der Waals surface area contributed by atoms with Crippen LogP contribution in [-0.2, 0) is 9.53 Å². The molecule has 1 atom stereocenters. The average molecular weight is 287 g/mol. The molecule has 1 fully saturated rings. The highest BCUT2D eigenvalue weighted by Crippen LogP contribution is 2.19. The largest absolute Gasteiger partial charge is 0.381 e. The molecule has 3 heteroatoms. The minimum absolute atomic E-state index is 0.116. The van der Waals surface area contributed by atoms with Gasteiger partial charge in [0.05, 0.1) is 6.61 Å². The highest BCUT2D eigenvalue weighted by molar-refractivity contribution is 5.95. The number of amides is 1. The number of allylic oxidation sites excluding steroid dienone is 1. The molecule has 0 spiro atoms. The summed E-state index contributed by atoms with van der Waals surface area (Å²) in [6, 6.07) is 10.1. The lowest BCUT2D eigenvalue weighted by molar-refractivity contribution is -0.126. The molecule has 1 aliphatic rings. The molecule has 1 amide bonds. The molecule has 0 aromatic heterocycles. The smallest absolute Gasteiger partial charge is 0.246 e. The van der Waals surface area contributed by atoms with Gasteiger partial charge in [-0.1, -0.05) is 37.3 Å². The lowest BCUT2D eigenvalue weighted by Gasteiger charge is -2.23. The summed E-state index contributed by atoms with van der Waals surface area (Å²) in [4.78, 5) is 14.4. The quantitative estimate of drug-likeness (QED) is 0.751. The van der Waals surface area contributed by atoms with E-state index in [2.05, 4.69) is 19.1 Å². The van der Waals surface area contributed by atoms with Gasteiger partial charge in [0.15, 0.2) is 0 Å². The number of hydrogen-bond acceptors (Lipinski definition) is 2. The molecule has 1 heterocycles. The molecule has 1 aromatic rings. The molecule has 1 saturated heterocycles. The van der Waals surface area contributed by atoms with Crippen LogP contribution >= 0.6 is 0 Å². The monoisotopic (exact) mass is 287 g/mol. The van der Waals surface area contributed by atoms with Crippen LogP contribution < -0.4 is 0 Å². The summed E-state index contributed by atoms with van der Waals surface area (Å²) in [7, 11) is 0. The molecular formula is C18H25NO2. The van der Waals surface area contributed by atoms with Crippen molar-refractivity contribution in [3.63, 3.8) is 0 Å². The van der Waals surface area contributed by atoms with Crippen LogP contribution in [-0.4, -0.2) is 37.1 Å². The fourth-order valence-corrected chi connectivity index (χ4v) is 2.70. The first-order chi connectivity index (χ1) is 10.2. The molecule has 1 aromatic carbocycles. The van der Waals surface area contributed by atoms with Gasteiger partial charge in [0.2, 0.25) is 5.91 Å². The van der Waals surface area contributed by atoms with Crippen LogP contribution in [0.5, 0.6) is 0 Å². The van der Waals surface area contributed by atoms with E-state index in [1.165, 1.54) is 0 Å². The molecule has 114 valence electrons. The molecule has 0 saturated carbocycles. The van der Waals surface area contributed by atoms with Gasteiger partial charge in [-0.3, -0.25) is 4.79 Å². The van der Waals surface area contributed by atoms with Gasteiger partial charge in [0, 0.05) is 31.7 Å². The van der Waals surface area contributed by atoms with E-state index in [-0.39, 0.29) is 5.91 Å². The van der Waals surface area contributed by atoms with E-state index in [1.54, 1.807) is 6.08 Å². The molecule has 1 aliphatic heterocycles. The van der Waals surface area contributed by atoms with Crippen LogP contribution in [0.1, 0.15) is 32.3 Å². The number of likely N-dealkylation sites (N-methyl/N-ethyl adjacent to an activating group) is 1. The average Bonchev–Trinajstić information content (AvgIpc) is 3.04. The molecule has 0 bridgehead atoms. The predicted molar refractivity (Wildman–Crippen MR) is 85.9 cm³/mol. The van der Waals surface area contributed by atoms with Crippen molar-refractivity contribution in [3.8, 4) is 0 Å². The first kappa shape index (κ1) is 15.8. The Balaban J connectivity index is 2.06. The Morgan fingerprint density at radius 2 is 2.10 bits per heavy atom. The zero-order valence-electron chi connectivity index (χ0n) is 13.0. The van der Waals surface area contributed by atoms with Crippen molar-refractivity contribution < 1.29 is 9.53 Å². The first-order valence-corrected chi connectivity index (χ1v) is 7.87. The number of nitrogens with zero attached hydrogens (tertiary/aromatic N) is 1. The molecule has 0 unspecified atom stereocenters. The van der Waals surface area contributed by atoms with E-state index < -0.39 is 0 Å². The highest BCUT2D eigenvalue weighted by Gasteiger charge is 2.20. The summed E-state index contributed by atoms with van der Waals surface area (Å²) < 4.78 is 5.40. The minimum atomic E-state index is 0.116. The van der Waals surface area contributed by atoms with Crippen molar-refractivity contribution in [3.05, 3.63) is 42.0 Å². The zero-order valence-corrected chi connectivity index (χ0v) is 13.0. The summed E-state index contributed by atoms with van der Waals surface area (Å²) in [5.41, 5.74) is 2.23. The SMILES string of the molecule is CC/C(=C/C(=O)N(CC)C[C@H]1CCOC1)c1ccccc1. The van der Waals surface area contributed by atoms with Crippen LogP contribution in [0.3, 0.4) is 0 Å². The number of ether oxygens (including phenoxy) is 1. The van der Waals surface area contributed by atoms with Gasteiger partial charge in [0.1, 0.15) is 0 Å². The maximum Gasteiger partial charge on any atom is 0.246 e. The maximum atomic E-state index is 12.5. The van der Waals surface area contributed by atoms with E-state index in [0.29, 0.717) is 5.92 Å². The third kappa shape index (κ3) is 4.43. The van der Waals surface area contributed by atoms with Gasteiger partial charge in [0.25, 0.3) is 0 Å². The number of carbonyl (C=O) groups excluding carboxylic acids is 1. The second-order valence-corrected chi connectivity index (χ2v) is 5.50. The molecule has 2 rings (SSSR count). The van der Waals surface area contributed by atoms with Crippen molar-refractivity contribution in [1.29, 1.82) is 0 Å². The summed E-state index contributed by atoms with van der Waals surface area (Å²) >= 11 is 0. The van der Waals surface area contributed by atoms with Crippen molar-refractivity contribution in [1.82, 2.24) is 4.90 Å². The fraction of sp³-hybridized carbons (Fsp3) is 0.500. The lowest BCUT2D eigenvalue weighted by atomic mass is 10.0. The van der Waals surface area contributed by atoms with E-state index in [4.69, 9.17) is 4.74 Å². The van der Waals surface area contributed by atoms with Crippen LogP contribution in [0.15, 0.2) is 36.4 Å². The number of benzene rings is 1. The third-order valence-electron chi connectivity index (χ3n) is 4.02. The van der Waals surface area contributed by atoms with E-state index >= 15 is 0 Å². The van der Waals surface area contributed by atoms with Gasteiger partial charge in [-0.15, -0.1) is 0 Å². The van der Waals surface area contributed by atoms with Gasteiger partial charge in [-0.2, -0.15) is 0 Å². The van der Waals surface area contributed by atoms with Crippen LogP contribution in [0, 0.1) is 5.92 Å². The van der Waals surface area contributed by atoms with E-state index in [9.17, 15) is 4.79 Å². The van der Waals surface area contributed by atoms with Crippen LogP contribution in [0.25, 0.3) is 5.57 Å². The number of carbonyl (C=O) groups is 1.